The fourth-order valence-electron chi connectivity index (χ4n) is 0.551. The summed E-state index contributed by atoms with van der Waals surface area (Å²) in [6, 6.07) is 2.30. The first kappa shape index (κ1) is 16.8. The van der Waals surface area contributed by atoms with E-state index in [9.17, 15) is 9.59 Å². The van der Waals surface area contributed by atoms with Crippen molar-refractivity contribution in [2.24, 2.45) is 9.98 Å². The van der Waals surface area contributed by atoms with E-state index in [1.807, 2.05) is 0 Å². The van der Waals surface area contributed by atoms with Gasteiger partial charge in [0.1, 0.15) is 0 Å². The number of hydrogen-bond donors (Lipinski definition) is 1. The molecule has 0 bridgehead atoms. The fourth-order valence-corrected chi connectivity index (χ4v) is 0.551. The number of nitrogens with zero attached hydrogens (tertiary/aromatic N) is 2. The zero-order chi connectivity index (χ0) is 10.8. The molecule has 81 valence electrons. The van der Waals surface area contributed by atoms with Crippen LogP contribution in [0.1, 0.15) is 12.8 Å². The van der Waals surface area contributed by atoms with Crippen LogP contribution >= 0.6 is 0 Å². The normalized spacial score (nSPS) is 8.07. The van der Waals surface area contributed by atoms with Gasteiger partial charge in [-0.25, -0.2) is 9.98 Å². The molecule has 0 fully saturated rings. The number of esters is 1. The molecule has 0 aromatic heterocycles. The number of carboxylic acid groups (broad SMARTS) is 1. The molecule has 0 aliphatic heterocycles. The fraction of sp³-hybridized carbons (Fsp3) is 0.625. The summed E-state index contributed by atoms with van der Waals surface area (Å²) in [6.45, 7) is 0.403. The van der Waals surface area contributed by atoms with Gasteiger partial charge in [-0.15, -0.1) is 0 Å². The summed E-state index contributed by atoms with van der Waals surface area (Å²) < 4.78 is 4.37. The van der Waals surface area contributed by atoms with Crippen LogP contribution in [0.25, 0.3) is 0 Å². The first-order valence-corrected chi connectivity index (χ1v) is 4.03. The maximum absolute atomic E-state index is 10.6. The van der Waals surface area contributed by atoms with Gasteiger partial charge >= 0.3 is 11.9 Å². The van der Waals surface area contributed by atoms with Crippen molar-refractivity contribution in [3.8, 4) is 0 Å². The summed E-state index contributed by atoms with van der Waals surface area (Å²) in [7, 11) is 1.30. The summed E-state index contributed by atoms with van der Waals surface area (Å²) >= 11 is 0. The van der Waals surface area contributed by atoms with Crippen molar-refractivity contribution in [3.05, 3.63) is 0 Å². The Morgan fingerprint density at radius 2 is 1.80 bits per heavy atom. The van der Waals surface area contributed by atoms with Crippen LogP contribution in [0.2, 0.25) is 0 Å². The summed E-state index contributed by atoms with van der Waals surface area (Å²) in [5.41, 5.74) is 0. The number of ether oxygens (including phenoxy) is 1. The number of carbonyl (C=O) groups is 2. The number of rotatable bonds is 6. The molecule has 7 heteroatoms. The number of hydrogen-bond acceptors (Lipinski definition) is 5. The van der Waals surface area contributed by atoms with E-state index < -0.39 is 5.97 Å². The minimum atomic E-state index is -0.912. The average molecular weight is 289 g/mol. The summed E-state index contributed by atoms with van der Waals surface area (Å²) in [5.74, 6) is -1.26. The van der Waals surface area contributed by atoms with E-state index >= 15 is 0 Å². The van der Waals surface area contributed by atoms with Gasteiger partial charge in [0.15, 0.2) is 0 Å². The third-order valence-electron chi connectivity index (χ3n) is 1.23. The van der Waals surface area contributed by atoms with Crippen molar-refractivity contribution in [3.63, 3.8) is 0 Å². The van der Waals surface area contributed by atoms with Gasteiger partial charge in [-0.2, -0.15) is 0 Å². The van der Waals surface area contributed by atoms with E-state index in [1.54, 1.807) is 0 Å². The molecule has 15 heavy (non-hydrogen) atoms. The van der Waals surface area contributed by atoms with Crippen LogP contribution in [-0.2, 0) is 47.0 Å². The van der Waals surface area contributed by atoms with E-state index in [0.29, 0.717) is 0 Å². The van der Waals surface area contributed by atoms with Gasteiger partial charge in [-0.1, -0.05) is 0 Å². The monoisotopic (exact) mass is 289 g/mol. The molecule has 6 nitrogen and oxygen atoms in total. The van der Waals surface area contributed by atoms with Crippen LogP contribution in [0.3, 0.4) is 0 Å². The molecule has 1 radical (unpaired) electrons. The molecule has 0 aromatic rings. The van der Waals surface area contributed by atoms with Crippen LogP contribution in [0.4, 0.5) is 0 Å². The van der Waals surface area contributed by atoms with Gasteiger partial charge in [0.2, 0.25) is 0 Å². The Bertz CT molecular complexity index is 261. The van der Waals surface area contributed by atoms with Gasteiger partial charge in [0.05, 0.1) is 39.0 Å². The SMILES string of the molecule is COC(=O)CCN=C=NCCC(=O)O.[Y]. The van der Waals surface area contributed by atoms with Gasteiger partial charge in [0.25, 0.3) is 0 Å². The number of methoxy groups -OCH3 is 1. The minimum absolute atomic E-state index is 0. The molecule has 0 aromatic carbocycles. The summed E-state index contributed by atoms with van der Waals surface area (Å²) in [4.78, 5) is 27.8. The Hall–Kier alpha value is -0.576. The Kier molecular flexibility index (Phi) is 12.9. The third-order valence-corrected chi connectivity index (χ3v) is 1.23. The van der Waals surface area contributed by atoms with Crippen molar-refractivity contribution in [1.29, 1.82) is 0 Å². The molecule has 0 amide bonds. The van der Waals surface area contributed by atoms with E-state index in [0.717, 1.165) is 0 Å². The van der Waals surface area contributed by atoms with Crippen molar-refractivity contribution in [2.45, 2.75) is 12.8 Å². The molecule has 0 saturated heterocycles. The topological polar surface area (TPSA) is 88.3 Å². The van der Waals surface area contributed by atoms with Crippen molar-refractivity contribution < 1.29 is 52.1 Å². The largest absolute Gasteiger partial charge is 0.481 e. The zero-order valence-electron chi connectivity index (χ0n) is 8.47. The molecule has 0 rings (SSSR count). The molecule has 0 aliphatic rings. The van der Waals surface area contributed by atoms with Gasteiger partial charge in [0, 0.05) is 32.7 Å². The standard InChI is InChI=1S/C8H12N2O4.Y/c1-14-8(13)3-5-10-6-9-4-2-7(11)12;/h2-5H2,1H3,(H,11,12);. The second kappa shape index (κ2) is 11.5. The third kappa shape index (κ3) is 13.4. The molecular formula is C8H12N2O4Y. The maximum atomic E-state index is 10.6. The zero-order valence-corrected chi connectivity index (χ0v) is 11.3. The van der Waals surface area contributed by atoms with E-state index in [-0.39, 0.29) is 64.6 Å². The Balaban J connectivity index is 0. The number of aliphatic carboxylic acids is 1. The Morgan fingerprint density at radius 3 is 2.27 bits per heavy atom. The van der Waals surface area contributed by atoms with Crippen LogP contribution in [-0.4, -0.2) is 43.3 Å². The number of aliphatic imine (C=N–C) groups is 2. The predicted octanol–water partition coefficient (Wildman–Crippen LogP) is 0.196. The van der Waals surface area contributed by atoms with Gasteiger partial charge in [-0.05, 0) is 0 Å². The van der Waals surface area contributed by atoms with Crippen LogP contribution in [0, 0.1) is 0 Å². The second-order valence-corrected chi connectivity index (χ2v) is 2.33. The second-order valence-electron chi connectivity index (χ2n) is 2.33. The summed E-state index contributed by atoms with van der Waals surface area (Å²) in [5, 5.41) is 8.24. The molecule has 0 aliphatic carbocycles. The molecule has 0 spiro atoms. The van der Waals surface area contributed by atoms with Gasteiger partial charge < -0.3 is 9.84 Å². The van der Waals surface area contributed by atoms with Gasteiger partial charge in [-0.3, -0.25) is 9.59 Å². The molecular weight excluding hydrogens is 277 g/mol. The number of carbonyl (C=O) groups excluding carboxylic acids is 1. The maximum Gasteiger partial charge on any atom is 0.307 e. The smallest absolute Gasteiger partial charge is 0.307 e. The van der Waals surface area contributed by atoms with Crippen molar-refractivity contribution in [2.75, 3.05) is 20.2 Å². The molecule has 0 atom stereocenters. The van der Waals surface area contributed by atoms with Crippen LogP contribution in [0.15, 0.2) is 9.98 Å². The Labute approximate surface area is 113 Å². The molecule has 0 unspecified atom stereocenters. The Morgan fingerprint density at radius 1 is 1.27 bits per heavy atom. The first-order chi connectivity index (χ1) is 6.66. The molecule has 1 N–H and O–H groups in total. The van der Waals surface area contributed by atoms with E-state index in [1.165, 1.54) is 7.11 Å². The quantitative estimate of drug-likeness (QED) is 0.558. The summed E-state index contributed by atoms with van der Waals surface area (Å²) in [6.07, 6.45) is 0.136. The van der Waals surface area contributed by atoms with Crippen LogP contribution < -0.4 is 0 Å². The van der Waals surface area contributed by atoms with E-state index in [4.69, 9.17) is 5.11 Å². The first-order valence-electron chi connectivity index (χ1n) is 4.03. The van der Waals surface area contributed by atoms with Crippen molar-refractivity contribution >= 4 is 17.9 Å². The molecule has 0 saturated carbocycles. The molecule has 0 heterocycles. The van der Waals surface area contributed by atoms with Crippen LogP contribution in [0.5, 0.6) is 0 Å². The minimum Gasteiger partial charge on any atom is -0.481 e. The average Bonchev–Trinajstić information content (AvgIpc) is 2.15. The predicted molar refractivity (Wildman–Crippen MR) is 48.5 cm³/mol. The number of carboxylic acids is 1. The van der Waals surface area contributed by atoms with E-state index in [2.05, 4.69) is 20.7 Å². The van der Waals surface area contributed by atoms with Crippen molar-refractivity contribution in [1.82, 2.24) is 0 Å².